The van der Waals surface area contributed by atoms with Gasteiger partial charge in [0, 0.05) is 27.1 Å². The molecule has 0 fully saturated rings. The first-order valence-electron chi connectivity index (χ1n) is 3.92. The molecule has 0 bridgehead atoms. The molecule has 1 aliphatic rings. The number of aliphatic hydroxyl groups excluding tert-OH is 1. The van der Waals surface area contributed by atoms with Crippen LogP contribution in [0.4, 0.5) is 0 Å². The summed E-state index contributed by atoms with van der Waals surface area (Å²) in [5, 5.41) is 11.0. The van der Waals surface area contributed by atoms with Crippen LogP contribution in [-0.2, 0) is 5.75 Å². The summed E-state index contributed by atoms with van der Waals surface area (Å²) in [5.41, 5.74) is 1.80. The number of thioether (sulfide) groups is 1. The molecule has 70 valence electrons. The number of benzene rings is 1. The minimum Gasteiger partial charge on any atom is -0.387 e. The molecule has 0 saturated heterocycles. The van der Waals surface area contributed by atoms with Gasteiger partial charge in [-0.05, 0) is 17.7 Å². The van der Waals surface area contributed by atoms with Gasteiger partial charge in [0.25, 0.3) is 0 Å². The molecule has 0 spiro atoms. The van der Waals surface area contributed by atoms with Crippen LogP contribution in [0.25, 0.3) is 0 Å². The molecular formula is C9H8Cl2OS. The lowest BCUT2D eigenvalue weighted by Gasteiger charge is -2.22. The maximum Gasteiger partial charge on any atom is 0.0898 e. The van der Waals surface area contributed by atoms with Gasteiger partial charge >= 0.3 is 0 Å². The Morgan fingerprint density at radius 2 is 2.00 bits per heavy atom. The standard InChI is InChI=1S/C9H8Cl2OS/c10-6-1-2-7(11)9-5(6)3-13-4-8(9)12/h1-2,8,12H,3-4H2/t8-/m1/s1. The zero-order valence-electron chi connectivity index (χ0n) is 6.76. The van der Waals surface area contributed by atoms with Crippen molar-refractivity contribution < 1.29 is 5.11 Å². The van der Waals surface area contributed by atoms with Crippen LogP contribution in [0, 0.1) is 0 Å². The SMILES string of the molecule is O[C@@H]1CSCc2c(Cl)ccc(Cl)c21. The number of hydrogen-bond donors (Lipinski definition) is 1. The Hall–Kier alpha value is 0.110. The van der Waals surface area contributed by atoms with Gasteiger partial charge < -0.3 is 5.11 Å². The van der Waals surface area contributed by atoms with Gasteiger partial charge in [0.05, 0.1) is 6.10 Å². The first kappa shape index (κ1) is 9.66. The van der Waals surface area contributed by atoms with E-state index >= 15 is 0 Å². The van der Waals surface area contributed by atoms with Crippen LogP contribution in [0.15, 0.2) is 12.1 Å². The van der Waals surface area contributed by atoms with Gasteiger partial charge in [0.2, 0.25) is 0 Å². The van der Waals surface area contributed by atoms with Gasteiger partial charge in [-0.2, -0.15) is 11.8 Å². The van der Waals surface area contributed by atoms with Gasteiger partial charge in [-0.3, -0.25) is 0 Å². The molecule has 2 rings (SSSR count). The Kier molecular flexibility index (Phi) is 2.75. The fourth-order valence-corrected chi connectivity index (χ4v) is 3.11. The molecular weight excluding hydrogens is 227 g/mol. The fraction of sp³-hybridized carbons (Fsp3) is 0.333. The van der Waals surface area contributed by atoms with Crippen molar-refractivity contribution in [1.29, 1.82) is 0 Å². The van der Waals surface area contributed by atoms with Gasteiger partial charge in [0.1, 0.15) is 0 Å². The molecule has 0 saturated carbocycles. The van der Waals surface area contributed by atoms with Crippen molar-refractivity contribution in [3.63, 3.8) is 0 Å². The molecule has 0 amide bonds. The van der Waals surface area contributed by atoms with Crippen LogP contribution in [0.2, 0.25) is 10.0 Å². The van der Waals surface area contributed by atoms with E-state index in [1.54, 1.807) is 23.9 Å². The summed E-state index contributed by atoms with van der Waals surface area (Å²) in [7, 11) is 0. The lowest BCUT2D eigenvalue weighted by molar-refractivity contribution is 0.202. The molecule has 1 N–H and O–H groups in total. The predicted molar refractivity (Wildman–Crippen MR) is 57.6 cm³/mol. The molecule has 0 unspecified atom stereocenters. The van der Waals surface area contributed by atoms with Gasteiger partial charge in [-0.1, -0.05) is 23.2 Å². The van der Waals surface area contributed by atoms with Crippen LogP contribution in [-0.4, -0.2) is 10.9 Å². The number of fused-ring (bicyclic) bond motifs is 1. The first-order chi connectivity index (χ1) is 6.20. The molecule has 1 aliphatic heterocycles. The van der Waals surface area contributed by atoms with Crippen LogP contribution in [0.5, 0.6) is 0 Å². The summed E-state index contributed by atoms with van der Waals surface area (Å²) < 4.78 is 0. The average molecular weight is 235 g/mol. The summed E-state index contributed by atoms with van der Waals surface area (Å²) in [6.07, 6.45) is -0.472. The molecule has 1 aromatic rings. The van der Waals surface area contributed by atoms with E-state index in [0.29, 0.717) is 15.8 Å². The Morgan fingerprint density at radius 1 is 1.31 bits per heavy atom. The summed E-state index contributed by atoms with van der Waals surface area (Å²) in [6.45, 7) is 0. The monoisotopic (exact) mass is 234 g/mol. The van der Waals surface area contributed by atoms with Crippen molar-refractivity contribution in [3.8, 4) is 0 Å². The summed E-state index contributed by atoms with van der Waals surface area (Å²) in [5.74, 6) is 1.54. The predicted octanol–water partition coefficient (Wildman–Crippen LogP) is 3.27. The maximum absolute atomic E-state index is 9.70. The number of aliphatic hydroxyl groups is 1. The topological polar surface area (TPSA) is 20.2 Å². The van der Waals surface area contributed by atoms with E-state index in [4.69, 9.17) is 23.2 Å². The molecule has 0 aromatic heterocycles. The second-order valence-corrected chi connectivity index (χ2v) is 4.80. The second-order valence-electron chi connectivity index (χ2n) is 2.95. The van der Waals surface area contributed by atoms with E-state index < -0.39 is 6.10 Å². The normalized spacial score (nSPS) is 21.3. The van der Waals surface area contributed by atoms with Crippen molar-refractivity contribution in [2.45, 2.75) is 11.9 Å². The average Bonchev–Trinajstić information content (AvgIpc) is 2.12. The van der Waals surface area contributed by atoms with Crippen LogP contribution < -0.4 is 0 Å². The lowest BCUT2D eigenvalue weighted by Crippen LogP contribution is -2.11. The molecule has 0 radical (unpaired) electrons. The van der Waals surface area contributed by atoms with E-state index in [0.717, 1.165) is 16.9 Å². The highest BCUT2D eigenvalue weighted by Gasteiger charge is 2.22. The Bertz CT molecular complexity index is 341. The smallest absolute Gasteiger partial charge is 0.0898 e. The van der Waals surface area contributed by atoms with Gasteiger partial charge in [0.15, 0.2) is 0 Å². The van der Waals surface area contributed by atoms with Crippen molar-refractivity contribution in [3.05, 3.63) is 33.3 Å². The number of halogens is 2. The molecule has 1 atom stereocenters. The Balaban J connectivity index is 2.60. The minimum absolute atomic E-state index is 0.472. The van der Waals surface area contributed by atoms with Crippen molar-refractivity contribution in [2.75, 3.05) is 5.75 Å². The van der Waals surface area contributed by atoms with E-state index in [1.807, 2.05) is 0 Å². The highest BCUT2D eigenvalue weighted by Crippen LogP contribution is 2.39. The molecule has 13 heavy (non-hydrogen) atoms. The minimum atomic E-state index is -0.472. The highest BCUT2D eigenvalue weighted by atomic mass is 35.5. The van der Waals surface area contributed by atoms with Gasteiger partial charge in [-0.15, -0.1) is 0 Å². The third-order valence-electron chi connectivity index (χ3n) is 2.10. The third-order valence-corrected chi connectivity index (χ3v) is 3.83. The summed E-state index contributed by atoms with van der Waals surface area (Å²) in [4.78, 5) is 0. The van der Waals surface area contributed by atoms with E-state index in [1.165, 1.54) is 0 Å². The molecule has 0 aliphatic carbocycles. The number of rotatable bonds is 0. The van der Waals surface area contributed by atoms with E-state index in [9.17, 15) is 5.11 Å². The van der Waals surface area contributed by atoms with Crippen molar-refractivity contribution >= 4 is 35.0 Å². The lowest BCUT2D eigenvalue weighted by atomic mass is 10.0. The molecule has 1 heterocycles. The second kappa shape index (κ2) is 3.70. The van der Waals surface area contributed by atoms with Gasteiger partial charge in [-0.25, -0.2) is 0 Å². The first-order valence-corrected chi connectivity index (χ1v) is 5.84. The maximum atomic E-state index is 9.70. The summed E-state index contributed by atoms with van der Waals surface area (Å²) >= 11 is 13.7. The molecule has 1 nitrogen and oxygen atoms in total. The number of hydrogen-bond acceptors (Lipinski definition) is 2. The van der Waals surface area contributed by atoms with Crippen LogP contribution in [0.3, 0.4) is 0 Å². The third kappa shape index (κ3) is 1.68. The molecule has 4 heteroatoms. The zero-order valence-corrected chi connectivity index (χ0v) is 9.09. The fourth-order valence-electron chi connectivity index (χ4n) is 1.47. The Morgan fingerprint density at radius 3 is 2.69 bits per heavy atom. The van der Waals surface area contributed by atoms with Crippen molar-refractivity contribution in [1.82, 2.24) is 0 Å². The zero-order chi connectivity index (χ0) is 9.42. The Labute approximate surface area is 91.0 Å². The van der Waals surface area contributed by atoms with Crippen LogP contribution >= 0.6 is 35.0 Å². The van der Waals surface area contributed by atoms with Crippen LogP contribution in [0.1, 0.15) is 17.2 Å². The highest BCUT2D eigenvalue weighted by molar-refractivity contribution is 7.98. The molecule has 1 aromatic carbocycles. The van der Waals surface area contributed by atoms with E-state index in [-0.39, 0.29) is 0 Å². The van der Waals surface area contributed by atoms with E-state index in [2.05, 4.69) is 0 Å². The largest absolute Gasteiger partial charge is 0.387 e. The summed E-state index contributed by atoms with van der Waals surface area (Å²) in [6, 6.07) is 3.52. The van der Waals surface area contributed by atoms with Crippen molar-refractivity contribution in [2.24, 2.45) is 0 Å². The quantitative estimate of drug-likeness (QED) is 0.744.